The quantitative estimate of drug-likeness (QED) is 0.415. The fraction of sp³-hybridized carbons (Fsp3) is 0.417. The molecule has 0 fully saturated rings. The zero-order valence-electron chi connectivity index (χ0n) is 11.1. The molecule has 0 saturated heterocycles. The van der Waals surface area contributed by atoms with E-state index in [1.807, 2.05) is 6.92 Å². The molecule has 18 heavy (non-hydrogen) atoms. The summed E-state index contributed by atoms with van der Waals surface area (Å²) in [6.45, 7) is 5.03. The molecule has 0 amide bonds. The van der Waals surface area contributed by atoms with Crippen molar-refractivity contribution in [2.75, 3.05) is 13.7 Å². The summed E-state index contributed by atoms with van der Waals surface area (Å²) in [6.07, 6.45) is 3.53. The van der Waals surface area contributed by atoms with Gasteiger partial charge >= 0.3 is 0 Å². The highest BCUT2D eigenvalue weighted by Crippen LogP contribution is 2.03. The Hall–Kier alpha value is -1.46. The van der Waals surface area contributed by atoms with E-state index in [4.69, 9.17) is 17.0 Å². The van der Waals surface area contributed by atoms with Crippen LogP contribution in [-0.4, -0.2) is 35.6 Å². The lowest BCUT2D eigenvalue weighted by Crippen LogP contribution is -2.23. The Bertz CT molecular complexity index is 422. The van der Waals surface area contributed by atoms with E-state index in [1.54, 1.807) is 33.0 Å². The molecule has 3 N–H and O–H groups in total. The molecule has 0 aliphatic heterocycles. The van der Waals surface area contributed by atoms with Crippen LogP contribution in [0.25, 0.3) is 0 Å². The second kappa shape index (κ2) is 8.60. The molecule has 0 unspecified atom stereocenters. The predicted molar refractivity (Wildman–Crippen MR) is 77.8 cm³/mol. The van der Waals surface area contributed by atoms with E-state index < -0.39 is 0 Å². The first-order valence-electron chi connectivity index (χ1n) is 5.43. The molecule has 100 valence electrons. The maximum absolute atomic E-state index is 9.19. The number of aliphatic hydroxyl groups excluding tert-OH is 1. The number of nitrogens with one attached hydrogen (secondary N) is 2. The van der Waals surface area contributed by atoms with Crippen molar-refractivity contribution in [2.24, 2.45) is 9.98 Å². The third-order valence-corrected chi connectivity index (χ3v) is 2.35. The van der Waals surface area contributed by atoms with Crippen LogP contribution in [0.1, 0.15) is 20.8 Å². The summed E-state index contributed by atoms with van der Waals surface area (Å²) in [5.74, 6) is 0.498. The molecule has 6 heteroatoms. The van der Waals surface area contributed by atoms with Crippen LogP contribution in [0.5, 0.6) is 0 Å². The fourth-order valence-corrected chi connectivity index (χ4v) is 1.29. The molecule has 0 atom stereocenters. The molecule has 0 aromatic rings. The van der Waals surface area contributed by atoms with Crippen molar-refractivity contribution in [1.82, 2.24) is 5.32 Å². The summed E-state index contributed by atoms with van der Waals surface area (Å²) in [6, 6.07) is 0. The van der Waals surface area contributed by atoms with Crippen molar-refractivity contribution in [3.63, 3.8) is 0 Å². The van der Waals surface area contributed by atoms with Crippen LogP contribution < -0.4 is 5.32 Å². The molecule has 0 aromatic carbocycles. The van der Waals surface area contributed by atoms with Gasteiger partial charge in [0.1, 0.15) is 5.84 Å². The number of hydrogen-bond acceptors (Lipinski definition) is 3. The van der Waals surface area contributed by atoms with E-state index in [-0.39, 0.29) is 11.9 Å². The van der Waals surface area contributed by atoms with Gasteiger partial charge in [-0.05, 0) is 38.4 Å². The van der Waals surface area contributed by atoms with Gasteiger partial charge < -0.3 is 15.8 Å². The van der Waals surface area contributed by atoms with Gasteiger partial charge in [-0.3, -0.25) is 4.99 Å². The molecule has 0 aliphatic rings. The van der Waals surface area contributed by atoms with Crippen molar-refractivity contribution in [2.45, 2.75) is 20.8 Å². The maximum Gasteiger partial charge on any atom is 0.219 e. The molecular formula is C12H19ClN4O. The Morgan fingerprint density at radius 1 is 1.44 bits per heavy atom. The molecule has 5 nitrogen and oxygen atoms in total. The zero-order valence-corrected chi connectivity index (χ0v) is 11.8. The van der Waals surface area contributed by atoms with E-state index >= 15 is 0 Å². The zero-order chi connectivity index (χ0) is 14.1. The van der Waals surface area contributed by atoms with Crippen LogP contribution >= 0.6 is 11.6 Å². The lowest BCUT2D eigenvalue weighted by atomic mass is 10.1. The van der Waals surface area contributed by atoms with Gasteiger partial charge in [0.05, 0.1) is 6.61 Å². The maximum atomic E-state index is 9.19. The Morgan fingerprint density at radius 3 is 2.44 bits per heavy atom. The van der Waals surface area contributed by atoms with E-state index in [0.717, 1.165) is 0 Å². The van der Waals surface area contributed by atoms with Crippen molar-refractivity contribution < 1.29 is 5.11 Å². The number of hydrogen-bond donors (Lipinski definition) is 3. The highest BCUT2D eigenvalue weighted by Gasteiger charge is 2.05. The van der Waals surface area contributed by atoms with Crippen LogP contribution in [0.3, 0.4) is 0 Å². The average Bonchev–Trinajstić information content (AvgIpc) is 2.29. The number of nitrogens with zero attached hydrogens (tertiary/aromatic N) is 2. The molecule has 0 rings (SSSR count). The summed E-state index contributed by atoms with van der Waals surface area (Å²) < 4.78 is 0. The topological polar surface area (TPSA) is 80.8 Å². The molecular weight excluding hydrogens is 252 g/mol. The normalized spacial score (nSPS) is 14.8. The third kappa shape index (κ3) is 5.75. The van der Waals surface area contributed by atoms with Gasteiger partial charge in [0.25, 0.3) is 0 Å². The van der Waals surface area contributed by atoms with Gasteiger partial charge in [-0.2, -0.15) is 0 Å². The van der Waals surface area contributed by atoms with Gasteiger partial charge in [0.2, 0.25) is 5.29 Å². The van der Waals surface area contributed by atoms with E-state index in [9.17, 15) is 5.11 Å². The Balaban J connectivity index is 5.24. The van der Waals surface area contributed by atoms with Crippen LogP contribution in [0.15, 0.2) is 33.4 Å². The summed E-state index contributed by atoms with van der Waals surface area (Å²) in [5.41, 5.74) is 1.48. The van der Waals surface area contributed by atoms with E-state index in [2.05, 4.69) is 15.3 Å². The first kappa shape index (κ1) is 16.5. The largest absolute Gasteiger partial charge is 0.392 e. The minimum Gasteiger partial charge on any atom is -0.392 e. The molecule has 0 aromatic heterocycles. The summed E-state index contributed by atoms with van der Waals surface area (Å²) in [5, 5.41) is 19.8. The van der Waals surface area contributed by atoms with Crippen molar-refractivity contribution in [3.05, 3.63) is 23.4 Å². The van der Waals surface area contributed by atoms with Crippen molar-refractivity contribution in [1.29, 1.82) is 5.41 Å². The molecule has 0 saturated carbocycles. The average molecular weight is 271 g/mol. The number of rotatable bonds is 4. The SMILES string of the molecule is C\C=C/C(=N\C(Cl)=N/C)N/C(C)=C(/CO)C(C)=N. The molecule has 0 aliphatic carbocycles. The first-order valence-corrected chi connectivity index (χ1v) is 5.80. The van der Waals surface area contributed by atoms with Gasteiger partial charge in [-0.1, -0.05) is 6.08 Å². The van der Waals surface area contributed by atoms with Crippen LogP contribution in [0.4, 0.5) is 0 Å². The highest BCUT2D eigenvalue weighted by atomic mass is 35.5. The summed E-state index contributed by atoms with van der Waals surface area (Å²) in [7, 11) is 1.54. The molecule has 0 bridgehead atoms. The highest BCUT2D eigenvalue weighted by molar-refractivity contribution is 6.65. The first-order chi connectivity index (χ1) is 8.46. The summed E-state index contributed by atoms with van der Waals surface area (Å²) in [4.78, 5) is 7.78. The second-order valence-corrected chi connectivity index (χ2v) is 3.84. The van der Waals surface area contributed by atoms with Crippen molar-refractivity contribution >= 4 is 28.4 Å². The minimum atomic E-state index is -0.202. The fourth-order valence-electron chi connectivity index (χ4n) is 1.20. The minimum absolute atomic E-state index is 0.125. The lowest BCUT2D eigenvalue weighted by Gasteiger charge is -2.11. The Kier molecular flexibility index (Phi) is 7.91. The lowest BCUT2D eigenvalue weighted by molar-refractivity contribution is 0.335. The van der Waals surface area contributed by atoms with Gasteiger partial charge in [-0.15, -0.1) is 0 Å². The standard InChI is InChI=1S/C12H19ClN4O/c1-5-6-11(17-12(13)15-4)16-9(3)10(7-18)8(2)14/h5-6,14,18H,7H2,1-4H3,(H,15,16,17)/b6-5-,10-9-,14-8?. The number of aliphatic hydroxyl groups is 1. The van der Waals surface area contributed by atoms with Gasteiger partial charge in [-0.25, -0.2) is 4.99 Å². The number of halogens is 1. The Labute approximate surface area is 112 Å². The second-order valence-electron chi connectivity index (χ2n) is 3.50. The van der Waals surface area contributed by atoms with Crippen LogP contribution in [-0.2, 0) is 0 Å². The molecule has 0 spiro atoms. The number of allylic oxidation sites excluding steroid dienone is 2. The number of amidine groups is 2. The van der Waals surface area contributed by atoms with Gasteiger partial charge in [0, 0.05) is 24.0 Å². The smallest absolute Gasteiger partial charge is 0.219 e. The molecule has 0 heterocycles. The van der Waals surface area contributed by atoms with Crippen LogP contribution in [0, 0.1) is 5.41 Å². The van der Waals surface area contributed by atoms with Gasteiger partial charge in [0.15, 0.2) is 0 Å². The van der Waals surface area contributed by atoms with Crippen molar-refractivity contribution in [3.8, 4) is 0 Å². The number of aliphatic imine (C=N–C) groups is 2. The Morgan fingerprint density at radius 2 is 2.06 bits per heavy atom. The monoisotopic (exact) mass is 270 g/mol. The van der Waals surface area contributed by atoms with Crippen LogP contribution in [0.2, 0.25) is 0 Å². The van der Waals surface area contributed by atoms with E-state index in [0.29, 0.717) is 22.8 Å². The predicted octanol–water partition coefficient (Wildman–Crippen LogP) is 2.08. The molecule has 0 radical (unpaired) electrons. The summed E-state index contributed by atoms with van der Waals surface area (Å²) >= 11 is 5.74. The van der Waals surface area contributed by atoms with E-state index in [1.165, 1.54) is 0 Å². The third-order valence-electron chi connectivity index (χ3n) is 2.10.